The molecule has 0 fully saturated rings. The lowest BCUT2D eigenvalue weighted by Gasteiger charge is -2.31. The second-order valence-corrected chi connectivity index (χ2v) is 25.3. The van der Waals surface area contributed by atoms with E-state index in [2.05, 4.69) is 40.4 Å². The standard InChI is InChI=1S/C72H144N4O9/c1-4-7-10-13-16-19-22-25-28-31-34-37-40-43-46-49-70(80)83-67-61-74(55-57-76(60-66-79)63-69-85-72(82)51-48-45-42-39-36-33-30-27-24-21-18-15-12-9-6-3)54-52-73(58-64-77)53-56-75(59-65-78)62-68-84-71(81)50-47-44-41-38-35-32-29-26-23-20-17-14-11-8-5-2/h77-79H,4-69H2,1-3H3. The van der Waals surface area contributed by atoms with Crippen LogP contribution in [0, 0.1) is 0 Å². The Labute approximate surface area is 526 Å². The van der Waals surface area contributed by atoms with Crippen molar-refractivity contribution in [3.8, 4) is 0 Å². The molecule has 0 aliphatic heterocycles. The third-order valence-electron chi connectivity index (χ3n) is 17.4. The van der Waals surface area contributed by atoms with Gasteiger partial charge in [-0.25, -0.2) is 0 Å². The number of aliphatic hydroxyl groups is 3. The van der Waals surface area contributed by atoms with Gasteiger partial charge in [0.15, 0.2) is 0 Å². The lowest BCUT2D eigenvalue weighted by molar-refractivity contribution is -0.145. The van der Waals surface area contributed by atoms with Gasteiger partial charge in [0, 0.05) is 97.8 Å². The zero-order valence-corrected chi connectivity index (χ0v) is 56.7. The van der Waals surface area contributed by atoms with Crippen LogP contribution in [0.5, 0.6) is 0 Å². The Morgan fingerprint density at radius 1 is 0.224 bits per heavy atom. The summed E-state index contributed by atoms with van der Waals surface area (Å²) in [6.45, 7) is 14.7. The molecule has 0 aromatic rings. The third kappa shape index (κ3) is 63.5. The van der Waals surface area contributed by atoms with Crippen molar-refractivity contribution in [2.45, 2.75) is 329 Å². The number of carbonyl (C=O) groups is 3. The molecule has 0 spiro atoms. The molecule has 0 saturated heterocycles. The van der Waals surface area contributed by atoms with Crippen molar-refractivity contribution in [3.05, 3.63) is 0 Å². The Hall–Kier alpha value is -1.87. The summed E-state index contributed by atoms with van der Waals surface area (Å²) < 4.78 is 17.1. The van der Waals surface area contributed by atoms with Crippen molar-refractivity contribution in [3.63, 3.8) is 0 Å². The van der Waals surface area contributed by atoms with Crippen molar-refractivity contribution in [2.24, 2.45) is 0 Å². The van der Waals surface area contributed by atoms with Crippen LogP contribution < -0.4 is 0 Å². The fourth-order valence-electron chi connectivity index (χ4n) is 11.6. The van der Waals surface area contributed by atoms with E-state index in [1.165, 1.54) is 244 Å². The number of unbranched alkanes of at least 4 members (excludes halogenated alkanes) is 42. The lowest BCUT2D eigenvalue weighted by atomic mass is 10.0. The number of esters is 3. The average Bonchev–Trinajstić information content (AvgIpc) is 3.51. The molecule has 0 aromatic heterocycles. The van der Waals surface area contributed by atoms with E-state index in [0.717, 1.165) is 44.9 Å². The molecule has 3 N–H and O–H groups in total. The smallest absolute Gasteiger partial charge is 0.305 e. The van der Waals surface area contributed by atoms with Gasteiger partial charge >= 0.3 is 17.9 Å². The van der Waals surface area contributed by atoms with E-state index in [1.807, 2.05) is 0 Å². The second-order valence-electron chi connectivity index (χ2n) is 25.3. The van der Waals surface area contributed by atoms with Gasteiger partial charge in [-0.05, 0) is 19.3 Å². The Balaban J connectivity index is 4.95. The maximum absolute atomic E-state index is 12.9. The monoisotopic (exact) mass is 1210 g/mol. The first-order valence-electron chi connectivity index (χ1n) is 37.0. The second kappa shape index (κ2) is 69.6. The van der Waals surface area contributed by atoms with Crippen molar-refractivity contribution < 1.29 is 43.9 Å². The molecule has 0 radical (unpaired) electrons. The zero-order valence-electron chi connectivity index (χ0n) is 56.7. The first kappa shape index (κ1) is 83.1. The average molecular weight is 1210 g/mol. The molecule has 0 unspecified atom stereocenters. The predicted octanol–water partition coefficient (Wildman–Crippen LogP) is 16.6. The summed E-state index contributed by atoms with van der Waals surface area (Å²) in [4.78, 5) is 46.9. The van der Waals surface area contributed by atoms with Crippen LogP contribution in [0.1, 0.15) is 329 Å². The van der Waals surface area contributed by atoms with Crippen LogP contribution >= 0.6 is 0 Å². The van der Waals surface area contributed by atoms with E-state index in [9.17, 15) is 29.7 Å². The zero-order chi connectivity index (χ0) is 61.8. The molecule has 0 aliphatic carbocycles. The van der Waals surface area contributed by atoms with Crippen LogP contribution in [0.4, 0.5) is 0 Å². The number of rotatable bonds is 72. The third-order valence-corrected chi connectivity index (χ3v) is 17.4. The summed E-state index contributed by atoms with van der Waals surface area (Å²) in [6.07, 6.45) is 59.2. The summed E-state index contributed by atoms with van der Waals surface area (Å²) in [7, 11) is 0. The number of ether oxygens (including phenoxy) is 3. The van der Waals surface area contributed by atoms with Crippen LogP contribution in [-0.2, 0) is 28.6 Å². The Morgan fingerprint density at radius 3 is 0.553 bits per heavy atom. The molecule has 0 saturated carbocycles. The molecule has 0 atom stereocenters. The van der Waals surface area contributed by atoms with E-state index >= 15 is 0 Å². The molecule has 0 rings (SSSR count). The summed E-state index contributed by atoms with van der Waals surface area (Å²) in [5.41, 5.74) is 0. The topological polar surface area (TPSA) is 153 Å². The molecule has 0 amide bonds. The van der Waals surface area contributed by atoms with Crippen molar-refractivity contribution in [1.82, 2.24) is 19.6 Å². The first-order valence-corrected chi connectivity index (χ1v) is 37.0. The highest BCUT2D eigenvalue weighted by molar-refractivity contribution is 5.69. The summed E-state index contributed by atoms with van der Waals surface area (Å²) >= 11 is 0. The van der Waals surface area contributed by atoms with Gasteiger partial charge in [-0.1, -0.05) is 290 Å². The fraction of sp³-hybridized carbons (Fsp3) is 0.958. The molecule has 0 aromatic carbocycles. The maximum atomic E-state index is 12.9. The highest BCUT2D eigenvalue weighted by Crippen LogP contribution is 2.18. The number of hydrogen-bond acceptors (Lipinski definition) is 13. The molecule has 13 nitrogen and oxygen atoms in total. The Kier molecular flexibility index (Phi) is 68.1. The van der Waals surface area contributed by atoms with Crippen molar-refractivity contribution in [1.29, 1.82) is 0 Å². The van der Waals surface area contributed by atoms with Crippen molar-refractivity contribution >= 4 is 17.9 Å². The van der Waals surface area contributed by atoms with Gasteiger partial charge in [-0.15, -0.1) is 0 Å². The van der Waals surface area contributed by atoms with Gasteiger partial charge in [0.25, 0.3) is 0 Å². The van der Waals surface area contributed by atoms with E-state index < -0.39 is 0 Å². The van der Waals surface area contributed by atoms with Gasteiger partial charge in [-0.3, -0.25) is 34.0 Å². The van der Waals surface area contributed by atoms with Gasteiger partial charge in [-0.2, -0.15) is 0 Å². The summed E-state index contributed by atoms with van der Waals surface area (Å²) in [5.74, 6) is -0.454. The Bertz CT molecular complexity index is 1360. The molecule has 0 bridgehead atoms. The summed E-state index contributed by atoms with van der Waals surface area (Å²) in [5, 5.41) is 30.0. The molecule has 506 valence electrons. The number of aliphatic hydroxyl groups excluding tert-OH is 3. The minimum atomic E-state index is -0.153. The predicted molar refractivity (Wildman–Crippen MR) is 359 cm³/mol. The molecular formula is C72H144N4O9. The highest BCUT2D eigenvalue weighted by atomic mass is 16.5. The van der Waals surface area contributed by atoms with Gasteiger partial charge in [0.2, 0.25) is 0 Å². The fourth-order valence-corrected chi connectivity index (χ4v) is 11.6. The molecule has 13 heteroatoms. The normalized spacial score (nSPS) is 11.8. The number of nitrogens with zero attached hydrogens (tertiary/aromatic N) is 4. The number of hydrogen-bond donors (Lipinski definition) is 3. The van der Waals surface area contributed by atoms with Crippen LogP contribution in [0.25, 0.3) is 0 Å². The van der Waals surface area contributed by atoms with Crippen LogP contribution in [0.15, 0.2) is 0 Å². The summed E-state index contributed by atoms with van der Waals surface area (Å²) in [6, 6.07) is 0. The lowest BCUT2D eigenvalue weighted by Crippen LogP contribution is -2.45. The Morgan fingerprint density at radius 2 is 0.376 bits per heavy atom. The quantitative estimate of drug-likeness (QED) is 0.0301. The number of carbonyl (C=O) groups excluding carboxylic acids is 3. The minimum Gasteiger partial charge on any atom is -0.464 e. The molecule has 0 heterocycles. The van der Waals surface area contributed by atoms with Crippen LogP contribution in [0.2, 0.25) is 0 Å². The van der Waals surface area contributed by atoms with Gasteiger partial charge in [0.05, 0.1) is 19.8 Å². The van der Waals surface area contributed by atoms with E-state index in [1.54, 1.807) is 0 Å². The largest absolute Gasteiger partial charge is 0.464 e. The van der Waals surface area contributed by atoms with E-state index in [4.69, 9.17) is 14.2 Å². The van der Waals surface area contributed by atoms with Gasteiger partial charge < -0.3 is 29.5 Å². The van der Waals surface area contributed by atoms with Crippen LogP contribution in [-0.4, -0.2) is 171 Å². The van der Waals surface area contributed by atoms with Crippen molar-refractivity contribution in [2.75, 3.05) is 118 Å². The molecule has 85 heavy (non-hydrogen) atoms. The van der Waals surface area contributed by atoms with Gasteiger partial charge in [0.1, 0.15) is 19.8 Å². The maximum Gasteiger partial charge on any atom is 0.305 e. The molecule has 0 aliphatic rings. The molecular weight excluding hydrogens is 1060 g/mol. The highest BCUT2D eigenvalue weighted by Gasteiger charge is 2.16. The van der Waals surface area contributed by atoms with E-state index in [0.29, 0.717) is 97.8 Å². The SMILES string of the molecule is CCCCCCCCCCCCCCCCCC(=O)OCCN(CCO)CCN(CCO)CCN(CCOC(=O)CCCCCCCCCCCCCCCCC)CCN(CCO)CCOC(=O)CCCCCCCCCCCCCCCCC. The van der Waals surface area contributed by atoms with E-state index in [-0.39, 0.29) is 57.5 Å². The minimum absolute atomic E-state index is 0.00207. The first-order chi connectivity index (χ1) is 41.8. The van der Waals surface area contributed by atoms with Crippen LogP contribution in [0.3, 0.4) is 0 Å².